The van der Waals surface area contributed by atoms with Crippen LogP contribution in [0.5, 0.6) is 0 Å². The Morgan fingerprint density at radius 1 is 1.16 bits per heavy atom. The first kappa shape index (κ1) is 18.9. The Balaban J connectivity index is 2.30. The Labute approximate surface area is 154 Å². The average molecular weight is 351 g/mol. The van der Waals surface area contributed by atoms with Crippen LogP contribution in [0.3, 0.4) is 0 Å². The van der Waals surface area contributed by atoms with Crippen molar-refractivity contribution in [1.29, 1.82) is 0 Å². The molecule has 25 heavy (non-hydrogen) atoms. The summed E-state index contributed by atoms with van der Waals surface area (Å²) < 4.78 is 0. The monoisotopic (exact) mass is 351 g/mol. The van der Waals surface area contributed by atoms with Gasteiger partial charge in [-0.25, -0.2) is 0 Å². The summed E-state index contributed by atoms with van der Waals surface area (Å²) in [7, 11) is 1.77. The van der Waals surface area contributed by atoms with Crippen molar-refractivity contribution in [3.63, 3.8) is 0 Å². The number of allylic oxidation sites excluding steroid dienone is 1. The highest BCUT2D eigenvalue weighted by molar-refractivity contribution is 7.79. The van der Waals surface area contributed by atoms with E-state index >= 15 is 0 Å². The molecular weight excluding hydrogens is 330 g/mol. The zero-order valence-electron chi connectivity index (χ0n) is 14.1. The van der Waals surface area contributed by atoms with Crippen LogP contribution in [0.2, 0.25) is 0 Å². The molecule has 2 aromatic carbocycles. The molecule has 0 radical (unpaired) electrons. The van der Waals surface area contributed by atoms with Gasteiger partial charge >= 0.3 is 5.97 Å². The van der Waals surface area contributed by atoms with Gasteiger partial charge < -0.3 is 5.11 Å². The number of aliphatic carboxylic acids is 1. The van der Waals surface area contributed by atoms with E-state index in [4.69, 9.17) is 5.11 Å². The largest absolute Gasteiger partial charge is 0.480 e. The smallest absolute Gasteiger partial charge is 0.317 e. The van der Waals surface area contributed by atoms with Gasteiger partial charge in [-0.3, -0.25) is 9.69 Å². The second-order valence-corrected chi connectivity index (χ2v) is 5.96. The first-order valence-corrected chi connectivity index (χ1v) is 8.60. The third-order valence-corrected chi connectivity index (χ3v) is 3.96. The zero-order valence-corrected chi connectivity index (χ0v) is 15.0. The van der Waals surface area contributed by atoms with E-state index in [2.05, 4.69) is 24.5 Å². The zero-order chi connectivity index (χ0) is 18.1. The molecule has 0 aliphatic carbocycles. The quantitative estimate of drug-likeness (QED) is 0.617. The van der Waals surface area contributed by atoms with Crippen LogP contribution < -0.4 is 0 Å². The summed E-state index contributed by atoms with van der Waals surface area (Å²) in [5.74, 6) is 6.26. The third-order valence-electron chi connectivity index (χ3n) is 3.62. The molecule has 4 heteroatoms. The number of rotatable bonds is 6. The number of benzene rings is 2. The van der Waals surface area contributed by atoms with Crippen molar-refractivity contribution in [2.24, 2.45) is 0 Å². The van der Waals surface area contributed by atoms with Crippen LogP contribution in [0.1, 0.15) is 16.7 Å². The molecule has 0 aliphatic heterocycles. The number of hydrogen-bond donors (Lipinski definition) is 2. The van der Waals surface area contributed by atoms with E-state index in [0.717, 1.165) is 22.3 Å². The van der Waals surface area contributed by atoms with E-state index < -0.39 is 5.97 Å². The summed E-state index contributed by atoms with van der Waals surface area (Å²) in [5, 5.41) is 8.88. The second kappa shape index (κ2) is 9.73. The van der Waals surface area contributed by atoms with Gasteiger partial charge in [-0.15, -0.1) is 0 Å². The van der Waals surface area contributed by atoms with Crippen LogP contribution in [-0.2, 0) is 10.5 Å². The molecule has 3 nitrogen and oxygen atoms in total. The maximum Gasteiger partial charge on any atom is 0.317 e. The van der Waals surface area contributed by atoms with Crippen molar-refractivity contribution in [3.8, 4) is 11.8 Å². The summed E-state index contributed by atoms with van der Waals surface area (Å²) >= 11 is 4.35. The van der Waals surface area contributed by atoms with Crippen LogP contribution in [0.15, 0.2) is 60.7 Å². The molecule has 0 bridgehead atoms. The van der Waals surface area contributed by atoms with Gasteiger partial charge in [-0.1, -0.05) is 66.4 Å². The minimum absolute atomic E-state index is 0.00547. The lowest BCUT2D eigenvalue weighted by Crippen LogP contribution is -2.25. The van der Waals surface area contributed by atoms with Crippen molar-refractivity contribution >= 4 is 24.2 Å². The fourth-order valence-electron chi connectivity index (χ4n) is 2.32. The Bertz CT molecular complexity index is 803. The third kappa shape index (κ3) is 6.15. The van der Waals surface area contributed by atoms with E-state index in [1.165, 1.54) is 0 Å². The molecule has 0 atom stereocenters. The molecule has 2 rings (SSSR count). The summed E-state index contributed by atoms with van der Waals surface area (Å²) in [5.41, 5.74) is 3.95. The number of hydrogen-bond acceptors (Lipinski definition) is 3. The maximum atomic E-state index is 10.8. The lowest BCUT2D eigenvalue weighted by Gasteiger charge is -2.11. The molecular formula is C21H21NO2S. The van der Waals surface area contributed by atoms with Gasteiger partial charge in [0.1, 0.15) is 0 Å². The predicted molar refractivity (Wildman–Crippen MR) is 106 cm³/mol. The van der Waals surface area contributed by atoms with Gasteiger partial charge in [-0.2, -0.15) is 12.6 Å². The van der Waals surface area contributed by atoms with Crippen LogP contribution in [-0.4, -0.2) is 36.1 Å². The lowest BCUT2D eigenvalue weighted by atomic mass is 10.0. The molecule has 2 aromatic rings. The molecule has 128 valence electrons. The molecule has 0 saturated carbocycles. The standard InChI is InChI=1S/C21H21NO2S/c1-22(15-21(23)24)14-13-19(17-7-3-2-4-8-17)12-11-18-9-5-6-10-20(18)16-25/h2-10,13,25H,14-16H2,1H3,(H,23,24)/b19-13+. The summed E-state index contributed by atoms with van der Waals surface area (Å²) in [6.07, 6.45) is 1.97. The van der Waals surface area contributed by atoms with Gasteiger partial charge in [0, 0.05) is 23.4 Å². The number of carboxylic acid groups (broad SMARTS) is 1. The molecule has 1 N–H and O–H groups in total. The van der Waals surface area contributed by atoms with Crippen molar-refractivity contribution in [2.75, 3.05) is 20.1 Å². The van der Waals surface area contributed by atoms with Gasteiger partial charge in [0.05, 0.1) is 6.54 Å². The van der Waals surface area contributed by atoms with Crippen molar-refractivity contribution < 1.29 is 9.90 Å². The fourth-order valence-corrected chi connectivity index (χ4v) is 2.59. The van der Waals surface area contributed by atoms with E-state index in [1.54, 1.807) is 11.9 Å². The molecule has 0 aromatic heterocycles. The van der Waals surface area contributed by atoms with Crippen LogP contribution >= 0.6 is 12.6 Å². The normalized spacial score (nSPS) is 11.1. The molecule has 0 unspecified atom stereocenters. The highest BCUT2D eigenvalue weighted by Crippen LogP contribution is 2.15. The molecule has 0 heterocycles. The molecule has 0 aliphatic rings. The molecule has 0 spiro atoms. The van der Waals surface area contributed by atoms with Gasteiger partial charge in [0.2, 0.25) is 0 Å². The van der Waals surface area contributed by atoms with Crippen LogP contribution in [0, 0.1) is 11.8 Å². The van der Waals surface area contributed by atoms with Crippen molar-refractivity contribution in [1.82, 2.24) is 4.90 Å². The topological polar surface area (TPSA) is 40.5 Å². The molecule has 0 fully saturated rings. The van der Waals surface area contributed by atoms with Crippen LogP contribution in [0.4, 0.5) is 0 Å². The van der Waals surface area contributed by atoms with Crippen molar-refractivity contribution in [2.45, 2.75) is 5.75 Å². The van der Waals surface area contributed by atoms with Crippen molar-refractivity contribution in [3.05, 3.63) is 77.4 Å². The fraction of sp³-hybridized carbons (Fsp3) is 0.190. The Morgan fingerprint density at radius 3 is 2.52 bits per heavy atom. The average Bonchev–Trinajstić information content (AvgIpc) is 2.62. The summed E-state index contributed by atoms with van der Waals surface area (Å²) in [4.78, 5) is 12.5. The highest BCUT2D eigenvalue weighted by atomic mass is 32.1. The second-order valence-electron chi connectivity index (χ2n) is 5.64. The molecule has 0 amide bonds. The van der Waals surface area contributed by atoms with E-state index in [9.17, 15) is 4.79 Å². The number of carbonyl (C=O) groups is 1. The lowest BCUT2D eigenvalue weighted by molar-refractivity contribution is -0.137. The number of thiol groups is 1. The molecule has 0 saturated heterocycles. The number of carboxylic acids is 1. The predicted octanol–water partition coefficient (Wildman–Crippen LogP) is 3.57. The number of likely N-dealkylation sites (N-methyl/N-ethyl adjacent to an activating group) is 1. The minimum atomic E-state index is -0.842. The summed E-state index contributed by atoms with van der Waals surface area (Å²) in [6.45, 7) is 0.508. The highest BCUT2D eigenvalue weighted by Gasteiger charge is 2.04. The van der Waals surface area contributed by atoms with Gasteiger partial charge in [0.15, 0.2) is 0 Å². The first-order chi connectivity index (χ1) is 12.1. The van der Waals surface area contributed by atoms with Gasteiger partial charge in [-0.05, 0) is 24.2 Å². The Kier molecular flexibility index (Phi) is 7.34. The van der Waals surface area contributed by atoms with E-state index in [0.29, 0.717) is 12.3 Å². The van der Waals surface area contributed by atoms with E-state index in [-0.39, 0.29) is 6.54 Å². The SMILES string of the molecule is CN(C/C=C(\C#Cc1ccccc1CS)c1ccccc1)CC(=O)O. The van der Waals surface area contributed by atoms with Gasteiger partial charge in [0.25, 0.3) is 0 Å². The first-order valence-electron chi connectivity index (χ1n) is 7.97. The van der Waals surface area contributed by atoms with E-state index in [1.807, 2.05) is 60.7 Å². The van der Waals surface area contributed by atoms with Crippen LogP contribution in [0.25, 0.3) is 5.57 Å². The Morgan fingerprint density at radius 2 is 1.84 bits per heavy atom. The number of nitrogens with zero attached hydrogens (tertiary/aromatic N) is 1. The maximum absolute atomic E-state index is 10.8. The summed E-state index contributed by atoms with van der Waals surface area (Å²) in [6, 6.07) is 17.8. The minimum Gasteiger partial charge on any atom is -0.480 e. The Hall–Kier alpha value is -2.48.